The molecule has 0 saturated carbocycles. The second kappa shape index (κ2) is 7.30. The van der Waals surface area contributed by atoms with E-state index in [-0.39, 0.29) is 34.7 Å². The molecule has 0 aromatic carbocycles. The van der Waals surface area contributed by atoms with Crippen LogP contribution in [0.15, 0.2) is 35.5 Å². The molecule has 0 saturated heterocycles. The van der Waals surface area contributed by atoms with E-state index < -0.39 is 13.3 Å². The second-order valence-electron chi connectivity index (χ2n) is 8.20. The maximum Gasteiger partial charge on any atom is 0.707 e. The van der Waals surface area contributed by atoms with Crippen molar-refractivity contribution in [2.24, 2.45) is 5.41 Å². The molecule has 0 bridgehead atoms. The van der Waals surface area contributed by atoms with Crippen LogP contribution in [0.1, 0.15) is 37.6 Å². The Bertz CT molecular complexity index is 1200. The van der Waals surface area contributed by atoms with Crippen LogP contribution in [0.3, 0.4) is 0 Å². The molecule has 1 aliphatic carbocycles. The summed E-state index contributed by atoms with van der Waals surface area (Å²) in [6, 6.07) is 3.31. The Morgan fingerprint density at radius 3 is 2.77 bits per heavy atom. The van der Waals surface area contributed by atoms with Gasteiger partial charge in [0.1, 0.15) is 23.7 Å². The first kappa shape index (κ1) is 20.2. The molecule has 3 aromatic rings. The van der Waals surface area contributed by atoms with Crippen molar-refractivity contribution in [3.63, 3.8) is 0 Å². The zero-order valence-electron chi connectivity index (χ0n) is 17.0. The normalized spacial score (nSPS) is 14.6. The highest BCUT2D eigenvalue weighted by molar-refractivity contribution is 6.33. The van der Waals surface area contributed by atoms with Gasteiger partial charge in [-0.2, -0.15) is 0 Å². The van der Waals surface area contributed by atoms with Gasteiger partial charge in [0.2, 0.25) is 0 Å². The lowest BCUT2D eigenvalue weighted by atomic mass is 9.90. The lowest BCUT2D eigenvalue weighted by Crippen LogP contribution is -2.25. The van der Waals surface area contributed by atoms with Gasteiger partial charge < -0.3 is 23.8 Å². The van der Waals surface area contributed by atoms with Gasteiger partial charge in [-0.1, -0.05) is 13.8 Å². The van der Waals surface area contributed by atoms with Gasteiger partial charge in [0, 0.05) is 31.2 Å². The standard InChI is InChI=1S/C20H22BN3O6/c1-12(25)29-11-14-17(30-21(27)28)4-5-22-18(14)24-7-6-23-15(19(24)26)8-13-9-20(2,3)10-16(13)23/h4-8,27-28H,9-11H2,1-3H3. The fraction of sp³-hybridized carbons (Fsp3) is 0.350. The highest BCUT2D eigenvalue weighted by Crippen LogP contribution is 2.37. The Morgan fingerprint density at radius 1 is 1.30 bits per heavy atom. The topological polar surface area (TPSA) is 115 Å². The van der Waals surface area contributed by atoms with Crippen molar-refractivity contribution in [1.29, 1.82) is 0 Å². The number of ether oxygens (including phenoxy) is 1. The molecule has 3 aromatic heterocycles. The third kappa shape index (κ3) is 3.59. The minimum absolute atomic E-state index is 0.0441. The minimum atomic E-state index is -2.08. The molecular formula is C20H22BN3O6. The van der Waals surface area contributed by atoms with Crippen LogP contribution in [-0.4, -0.2) is 37.3 Å². The molecule has 2 N–H and O–H groups in total. The van der Waals surface area contributed by atoms with E-state index in [1.54, 1.807) is 6.20 Å². The number of fused-ring (bicyclic) bond motifs is 3. The van der Waals surface area contributed by atoms with Crippen LogP contribution in [0.2, 0.25) is 0 Å². The highest BCUT2D eigenvalue weighted by atomic mass is 16.6. The highest BCUT2D eigenvalue weighted by Gasteiger charge is 2.32. The molecule has 9 nitrogen and oxygen atoms in total. The number of esters is 1. The molecule has 0 atom stereocenters. The molecule has 3 heterocycles. The zero-order chi connectivity index (χ0) is 21.6. The molecule has 0 fully saturated rings. The molecule has 30 heavy (non-hydrogen) atoms. The number of hydrogen-bond donors (Lipinski definition) is 2. The van der Waals surface area contributed by atoms with Gasteiger partial charge in [0.15, 0.2) is 0 Å². The zero-order valence-corrected chi connectivity index (χ0v) is 17.0. The average molecular weight is 411 g/mol. The molecule has 0 amide bonds. The monoisotopic (exact) mass is 411 g/mol. The first-order valence-electron chi connectivity index (χ1n) is 9.55. The number of hydrogen-bond acceptors (Lipinski definition) is 7. The first-order valence-corrected chi connectivity index (χ1v) is 9.55. The van der Waals surface area contributed by atoms with E-state index >= 15 is 0 Å². The number of carbonyl (C=O) groups excluding carboxylic acids is 1. The smallest absolute Gasteiger partial charge is 0.511 e. The van der Waals surface area contributed by atoms with Crippen LogP contribution >= 0.6 is 0 Å². The maximum absolute atomic E-state index is 13.3. The van der Waals surface area contributed by atoms with E-state index in [9.17, 15) is 19.6 Å². The van der Waals surface area contributed by atoms with Crippen LogP contribution in [0, 0.1) is 5.41 Å². The third-order valence-electron chi connectivity index (χ3n) is 5.22. The number of rotatable bonds is 5. The van der Waals surface area contributed by atoms with Gasteiger partial charge in [-0.05, 0) is 36.0 Å². The van der Waals surface area contributed by atoms with Gasteiger partial charge in [-0.3, -0.25) is 14.2 Å². The number of pyridine rings is 1. The first-order chi connectivity index (χ1) is 14.2. The van der Waals surface area contributed by atoms with Crippen molar-refractivity contribution in [3.05, 3.63) is 57.9 Å². The molecule has 10 heteroatoms. The molecule has 1 aliphatic rings. The molecule has 0 aliphatic heterocycles. The van der Waals surface area contributed by atoms with Crippen molar-refractivity contribution in [2.45, 2.75) is 40.2 Å². The largest absolute Gasteiger partial charge is 0.707 e. The van der Waals surface area contributed by atoms with Crippen molar-refractivity contribution in [3.8, 4) is 11.6 Å². The summed E-state index contributed by atoms with van der Waals surface area (Å²) in [5, 5.41) is 18.4. The summed E-state index contributed by atoms with van der Waals surface area (Å²) >= 11 is 0. The second-order valence-corrected chi connectivity index (χ2v) is 8.20. The summed E-state index contributed by atoms with van der Waals surface area (Å²) in [7, 11) is -2.08. The molecule has 0 radical (unpaired) electrons. The summed E-state index contributed by atoms with van der Waals surface area (Å²) in [6.45, 7) is 5.41. The van der Waals surface area contributed by atoms with Crippen molar-refractivity contribution < 1.29 is 24.2 Å². The van der Waals surface area contributed by atoms with E-state index in [0.29, 0.717) is 5.52 Å². The van der Waals surface area contributed by atoms with E-state index in [2.05, 4.69) is 18.8 Å². The SMILES string of the molecule is CC(=O)OCc1c(OB(O)O)ccnc1-n1ccn2c3c(cc2c1=O)CC(C)(C)C3. The Morgan fingerprint density at radius 2 is 2.07 bits per heavy atom. The predicted molar refractivity (Wildman–Crippen MR) is 108 cm³/mol. The van der Waals surface area contributed by atoms with Gasteiger partial charge in [-0.25, -0.2) is 4.98 Å². The van der Waals surface area contributed by atoms with E-state index in [0.717, 1.165) is 24.1 Å². The van der Waals surface area contributed by atoms with Gasteiger partial charge in [-0.15, -0.1) is 0 Å². The number of carbonyl (C=O) groups is 1. The van der Waals surface area contributed by atoms with Crippen LogP contribution in [-0.2, 0) is 29.0 Å². The van der Waals surface area contributed by atoms with Crippen molar-refractivity contribution >= 4 is 18.8 Å². The average Bonchev–Trinajstić information content (AvgIpc) is 3.13. The minimum Gasteiger partial charge on any atom is -0.511 e. The summed E-state index contributed by atoms with van der Waals surface area (Å²) in [5.74, 6) is -0.306. The molecule has 0 unspecified atom stereocenters. The number of nitrogens with zero attached hydrogens (tertiary/aromatic N) is 3. The van der Waals surface area contributed by atoms with Crippen molar-refractivity contribution in [1.82, 2.24) is 14.0 Å². The maximum atomic E-state index is 13.3. The summed E-state index contributed by atoms with van der Waals surface area (Å²) in [5.41, 5.74) is 2.93. The summed E-state index contributed by atoms with van der Waals surface area (Å²) < 4.78 is 13.3. The number of aromatic nitrogens is 3. The molecule has 4 rings (SSSR count). The molecule has 156 valence electrons. The Hall–Kier alpha value is -3.11. The Kier molecular flexibility index (Phi) is 4.91. The quantitative estimate of drug-likeness (QED) is 0.476. The lowest BCUT2D eigenvalue weighted by Gasteiger charge is -2.17. The Labute approximate surface area is 172 Å². The summed E-state index contributed by atoms with van der Waals surface area (Å²) in [6.07, 6.45) is 6.56. The van der Waals surface area contributed by atoms with Gasteiger partial charge >= 0.3 is 13.3 Å². The molecule has 0 spiro atoms. The van der Waals surface area contributed by atoms with E-state index in [1.807, 2.05) is 16.7 Å². The van der Waals surface area contributed by atoms with Crippen LogP contribution in [0.25, 0.3) is 11.3 Å². The van der Waals surface area contributed by atoms with Crippen LogP contribution in [0.5, 0.6) is 5.75 Å². The molecular weight excluding hydrogens is 389 g/mol. The fourth-order valence-corrected chi connectivity index (χ4v) is 4.03. The lowest BCUT2D eigenvalue weighted by molar-refractivity contribution is -0.142. The van der Waals surface area contributed by atoms with Crippen molar-refractivity contribution in [2.75, 3.05) is 0 Å². The third-order valence-corrected chi connectivity index (χ3v) is 5.22. The predicted octanol–water partition coefficient (Wildman–Crippen LogP) is 1.02. The van der Waals surface area contributed by atoms with Crippen LogP contribution in [0.4, 0.5) is 0 Å². The van der Waals surface area contributed by atoms with E-state index in [1.165, 1.54) is 23.8 Å². The van der Waals surface area contributed by atoms with Gasteiger partial charge in [0.05, 0.1) is 5.56 Å². The van der Waals surface area contributed by atoms with Gasteiger partial charge in [0.25, 0.3) is 5.56 Å². The van der Waals surface area contributed by atoms with Crippen LogP contribution < -0.4 is 10.2 Å². The summed E-state index contributed by atoms with van der Waals surface area (Å²) in [4.78, 5) is 28.9. The Balaban J connectivity index is 1.85. The fourth-order valence-electron chi connectivity index (χ4n) is 4.03. The van der Waals surface area contributed by atoms with E-state index in [4.69, 9.17) is 9.39 Å².